The number of aryl methyl sites for hydroxylation is 2. The van der Waals surface area contributed by atoms with Gasteiger partial charge in [-0.3, -0.25) is 9.59 Å². The van der Waals surface area contributed by atoms with Gasteiger partial charge in [0.15, 0.2) is 0 Å². The maximum Gasteiger partial charge on any atom is 0.306 e. The number of hydrogen-bond acceptors (Lipinski definition) is 4. The van der Waals surface area contributed by atoms with Gasteiger partial charge < -0.3 is 14.8 Å². The summed E-state index contributed by atoms with van der Waals surface area (Å²) in [5.41, 5.74) is 5.40. The van der Waals surface area contributed by atoms with Crippen LogP contribution >= 0.6 is 11.3 Å². The molecule has 2 aliphatic carbocycles. The fourth-order valence-corrected chi connectivity index (χ4v) is 6.60. The van der Waals surface area contributed by atoms with Crippen molar-refractivity contribution in [3.05, 3.63) is 69.3 Å². The van der Waals surface area contributed by atoms with Crippen LogP contribution in [0.15, 0.2) is 47.3 Å². The first-order valence-corrected chi connectivity index (χ1v) is 11.9. The van der Waals surface area contributed by atoms with Gasteiger partial charge in [0.05, 0.1) is 24.0 Å². The zero-order valence-corrected chi connectivity index (χ0v) is 19.1. The minimum Gasteiger partial charge on any atom is -0.481 e. The lowest BCUT2D eigenvalue weighted by atomic mass is 9.50. The Hall–Kier alpha value is -2.86. The SMILES string of the molecule is Cc1sc(C)c(C(=O)NC2CC3(C2)CC(C(=O)O)C3)c1Cc1ccc(-c2ccoc2)cc1. The van der Waals surface area contributed by atoms with Crippen LogP contribution in [0.25, 0.3) is 11.1 Å². The Kier molecular flexibility index (Phi) is 5.20. The third kappa shape index (κ3) is 3.77. The predicted molar refractivity (Wildman–Crippen MR) is 124 cm³/mol. The first-order valence-electron chi connectivity index (χ1n) is 11.1. The molecular weight excluding hydrogens is 422 g/mol. The van der Waals surface area contributed by atoms with Gasteiger partial charge in [-0.25, -0.2) is 0 Å². The largest absolute Gasteiger partial charge is 0.481 e. The minimum atomic E-state index is -0.685. The number of nitrogens with one attached hydrogen (secondary N) is 1. The third-order valence-corrected chi connectivity index (χ3v) is 8.27. The second-order valence-electron chi connectivity index (χ2n) is 9.48. The number of carbonyl (C=O) groups is 2. The van der Waals surface area contributed by atoms with Gasteiger partial charge in [0, 0.05) is 21.4 Å². The summed E-state index contributed by atoms with van der Waals surface area (Å²) in [4.78, 5) is 26.5. The Morgan fingerprint density at radius 3 is 2.41 bits per heavy atom. The van der Waals surface area contributed by atoms with Gasteiger partial charge in [0.25, 0.3) is 5.91 Å². The molecule has 1 aromatic carbocycles. The lowest BCUT2D eigenvalue weighted by molar-refractivity contribution is -0.155. The number of benzene rings is 1. The lowest BCUT2D eigenvalue weighted by Crippen LogP contribution is -2.57. The molecule has 0 unspecified atom stereocenters. The van der Waals surface area contributed by atoms with Crippen molar-refractivity contribution in [3.8, 4) is 11.1 Å². The van der Waals surface area contributed by atoms with Gasteiger partial charge in [-0.2, -0.15) is 0 Å². The highest BCUT2D eigenvalue weighted by Crippen LogP contribution is 2.58. The average Bonchev–Trinajstić information content (AvgIpc) is 3.31. The normalized spacial score (nSPS) is 24.1. The summed E-state index contributed by atoms with van der Waals surface area (Å²) in [6, 6.07) is 10.5. The molecule has 32 heavy (non-hydrogen) atoms. The zero-order valence-electron chi connectivity index (χ0n) is 18.3. The molecule has 2 aliphatic rings. The van der Waals surface area contributed by atoms with Crippen LogP contribution in [0.2, 0.25) is 0 Å². The number of thiophene rings is 1. The van der Waals surface area contributed by atoms with Crippen LogP contribution in [0.1, 0.15) is 56.9 Å². The van der Waals surface area contributed by atoms with E-state index in [2.05, 4.69) is 36.5 Å². The molecule has 0 radical (unpaired) electrons. The number of carboxylic acids is 1. The molecule has 5 nitrogen and oxygen atoms in total. The van der Waals surface area contributed by atoms with Gasteiger partial charge in [-0.15, -0.1) is 11.3 Å². The number of carbonyl (C=O) groups excluding carboxylic acids is 1. The molecule has 2 aromatic heterocycles. The van der Waals surface area contributed by atoms with Gasteiger partial charge >= 0.3 is 5.97 Å². The van der Waals surface area contributed by atoms with E-state index < -0.39 is 5.97 Å². The Labute approximate surface area is 191 Å². The van der Waals surface area contributed by atoms with Crippen molar-refractivity contribution in [2.24, 2.45) is 11.3 Å². The van der Waals surface area contributed by atoms with Crippen LogP contribution in [0.4, 0.5) is 0 Å². The monoisotopic (exact) mass is 449 g/mol. The van der Waals surface area contributed by atoms with E-state index >= 15 is 0 Å². The highest BCUT2D eigenvalue weighted by molar-refractivity contribution is 7.12. The Balaban J connectivity index is 1.26. The van der Waals surface area contributed by atoms with Crippen LogP contribution in [-0.2, 0) is 11.2 Å². The molecule has 1 spiro atoms. The molecule has 0 aliphatic heterocycles. The van der Waals surface area contributed by atoms with Crippen molar-refractivity contribution in [2.45, 2.75) is 52.0 Å². The third-order valence-electron chi connectivity index (χ3n) is 7.20. The summed E-state index contributed by atoms with van der Waals surface area (Å²) in [7, 11) is 0. The first-order chi connectivity index (χ1) is 15.3. The summed E-state index contributed by atoms with van der Waals surface area (Å²) >= 11 is 1.68. The van der Waals surface area contributed by atoms with Crippen molar-refractivity contribution < 1.29 is 19.1 Å². The average molecular weight is 450 g/mol. The van der Waals surface area contributed by atoms with E-state index in [1.807, 2.05) is 13.0 Å². The number of amides is 1. The Bertz CT molecular complexity index is 1150. The van der Waals surface area contributed by atoms with E-state index in [1.165, 1.54) is 10.4 Å². The summed E-state index contributed by atoms with van der Waals surface area (Å²) in [6.45, 7) is 4.10. The van der Waals surface area contributed by atoms with Crippen molar-refractivity contribution in [1.82, 2.24) is 5.32 Å². The molecule has 0 atom stereocenters. The molecular formula is C26H27NO4S. The van der Waals surface area contributed by atoms with E-state index in [0.29, 0.717) is 0 Å². The van der Waals surface area contributed by atoms with Crippen molar-refractivity contribution in [3.63, 3.8) is 0 Å². The smallest absolute Gasteiger partial charge is 0.306 e. The molecule has 2 heterocycles. The molecule has 5 rings (SSSR count). The van der Waals surface area contributed by atoms with Crippen LogP contribution in [0.3, 0.4) is 0 Å². The summed E-state index contributed by atoms with van der Waals surface area (Å²) in [6.07, 6.45) is 7.44. The van der Waals surface area contributed by atoms with Crippen LogP contribution in [-0.4, -0.2) is 23.0 Å². The fraction of sp³-hybridized carbons (Fsp3) is 0.385. The van der Waals surface area contributed by atoms with Crippen molar-refractivity contribution in [2.75, 3.05) is 0 Å². The molecule has 6 heteroatoms. The van der Waals surface area contributed by atoms with Gasteiger partial charge in [0.1, 0.15) is 0 Å². The van der Waals surface area contributed by atoms with Crippen LogP contribution in [0.5, 0.6) is 0 Å². The minimum absolute atomic E-state index is 0.00539. The second-order valence-corrected chi connectivity index (χ2v) is 10.9. The Morgan fingerprint density at radius 1 is 1.06 bits per heavy atom. The van der Waals surface area contributed by atoms with Gasteiger partial charge in [-0.1, -0.05) is 24.3 Å². The molecule has 2 fully saturated rings. The highest BCUT2D eigenvalue weighted by Gasteiger charge is 2.55. The number of carboxylic acid groups (broad SMARTS) is 1. The van der Waals surface area contributed by atoms with Crippen molar-refractivity contribution in [1.29, 1.82) is 0 Å². The van der Waals surface area contributed by atoms with E-state index in [4.69, 9.17) is 9.52 Å². The highest BCUT2D eigenvalue weighted by atomic mass is 32.1. The van der Waals surface area contributed by atoms with Crippen LogP contribution < -0.4 is 5.32 Å². The predicted octanol–water partition coefficient (Wildman–Crippen LogP) is 5.59. The summed E-state index contributed by atoms with van der Waals surface area (Å²) in [5, 5.41) is 12.3. The molecule has 2 saturated carbocycles. The topological polar surface area (TPSA) is 79.5 Å². The van der Waals surface area contributed by atoms with Gasteiger partial charge in [0.2, 0.25) is 0 Å². The molecule has 3 aromatic rings. The standard InChI is InChI=1S/C26H27NO4S/c1-15-22(9-17-3-5-18(6-4-17)19-7-8-31-14-19)23(16(2)32-15)24(28)27-21-12-26(13-21)10-20(11-26)25(29)30/h3-8,14,20-21H,9-13H2,1-2H3,(H,27,28)(H,29,30). The lowest BCUT2D eigenvalue weighted by Gasteiger charge is -2.56. The first kappa shape index (κ1) is 21.0. The summed E-state index contributed by atoms with van der Waals surface area (Å²) in [5.74, 6) is -0.874. The molecule has 2 N–H and O–H groups in total. The number of furan rings is 1. The maximum absolute atomic E-state index is 13.2. The van der Waals surface area contributed by atoms with Crippen LogP contribution in [0, 0.1) is 25.2 Å². The van der Waals surface area contributed by atoms with E-state index in [0.717, 1.165) is 59.2 Å². The van der Waals surface area contributed by atoms with E-state index in [-0.39, 0.29) is 23.3 Å². The Morgan fingerprint density at radius 2 is 1.78 bits per heavy atom. The van der Waals surface area contributed by atoms with E-state index in [1.54, 1.807) is 23.9 Å². The number of hydrogen-bond donors (Lipinski definition) is 2. The maximum atomic E-state index is 13.2. The number of aliphatic carboxylic acids is 1. The molecule has 166 valence electrons. The quantitative estimate of drug-likeness (QED) is 0.514. The molecule has 0 saturated heterocycles. The zero-order chi connectivity index (χ0) is 22.5. The summed E-state index contributed by atoms with van der Waals surface area (Å²) < 4.78 is 5.17. The van der Waals surface area contributed by atoms with Gasteiger partial charge in [-0.05, 0) is 74.1 Å². The molecule has 0 bridgehead atoms. The molecule has 1 amide bonds. The fourth-order valence-electron chi connectivity index (χ4n) is 5.53. The van der Waals surface area contributed by atoms with E-state index in [9.17, 15) is 9.59 Å². The second kappa shape index (κ2) is 7.93. The number of rotatable bonds is 6. The van der Waals surface area contributed by atoms with Crippen molar-refractivity contribution >= 4 is 23.2 Å².